The van der Waals surface area contributed by atoms with E-state index in [9.17, 15) is 0 Å². The van der Waals surface area contributed by atoms with E-state index in [-0.39, 0.29) is 0 Å². The van der Waals surface area contributed by atoms with Gasteiger partial charge in [0.25, 0.3) is 0 Å². The van der Waals surface area contributed by atoms with Gasteiger partial charge in [-0.25, -0.2) is 0 Å². The monoisotopic (exact) mass is 314 g/mol. The lowest BCUT2D eigenvalue weighted by Gasteiger charge is -1.99. The van der Waals surface area contributed by atoms with E-state index in [0.29, 0.717) is 0 Å². The summed E-state index contributed by atoms with van der Waals surface area (Å²) in [5, 5.41) is 4.14. The molecular formula is C22H18S. The average Bonchev–Trinajstić information content (AvgIpc) is 2.94. The predicted octanol–water partition coefficient (Wildman–Crippen LogP) is 5.64. The van der Waals surface area contributed by atoms with E-state index >= 15 is 0 Å². The standard InChI is InChI=1S/C22H18S/c1-3-19-9-5-7-11-21(17-19)13-15-23-16-14-22-12-8-6-10-20(4-2)18-22/h1-2,5-16H,17-18H2/b15-13-,16-14-. The zero-order valence-corrected chi connectivity index (χ0v) is 13.7. The number of rotatable bonds is 4. The van der Waals surface area contributed by atoms with Crippen molar-refractivity contribution in [1.82, 2.24) is 0 Å². The van der Waals surface area contributed by atoms with Gasteiger partial charge >= 0.3 is 0 Å². The summed E-state index contributed by atoms with van der Waals surface area (Å²) in [7, 11) is 0. The molecule has 0 saturated carbocycles. The molecule has 0 radical (unpaired) electrons. The van der Waals surface area contributed by atoms with Crippen LogP contribution in [0.4, 0.5) is 0 Å². The Hall–Kier alpha value is -2.61. The van der Waals surface area contributed by atoms with Gasteiger partial charge in [0.05, 0.1) is 0 Å². The Morgan fingerprint density at radius 1 is 0.739 bits per heavy atom. The summed E-state index contributed by atoms with van der Waals surface area (Å²) in [6.45, 7) is 0. The molecule has 2 rings (SSSR count). The van der Waals surface area contributed by atoms with Crippen LogP contribution in [0.2, 0.25) is 0 Å². The van der Waals surface area contributed by atoms with E-state index in [2.05, 4.69) is 47.0 Å². The summed E-state index contributed by atoms with van der Waals surface area (Å²) >= 11 is 1.64. The Bertz CT molecular complexity index is 694. The molecule has 1 heteroatoms. The maximum Gasteiger partial charge on any atom is 0.00614 e. The van der Waals surface area contributed by atoms with E-state index in [1.165, 1.54) is 11.1 Å². The fourth-order valence-electron chi connectivity index (χ4n) is 2.10. The SMILES string of the molecule is C#CC1=CC=CC=C(/C=C\S/C=C\C2=CC=CC=C(C#C)C2)C1. The minimum Gasteiger partial charge on any atom is -0.115 e. The van der Waals surface area contributed by atoms with Crippen molar-refractivity contribution < 1.29 is 0 Å². The van der Waals surface area contributed by atoms with Crippen molar-refractivity contribution in [2.24, 2.45) is 0 Å². The van der Waals surface area contributed by atoms with Gasteiger partial charge in [0.2, 0.25) is 0 Å². The van der Waals surface area contributed by atoms with Crippen molar-refractivity contribution in [2.75, 3.05) is 0 Å². The van der Waals surface area contributed by atoms with Gasteiger partial charge in [-0.3, -0.25) is 0 Å². The van der Waals surface area contributed by atoms with Crippen LogP contribution in [-0.2, 0) is 0 Å². The maximum absolute atomic E-state index is 5.48. The van der Waals surface area contributed by atoms with Gasteiger partial charge in [0.15, 0.2) is 0 Å². The fraction of sp³-hybridized carbons (Fsp3) is 0.0909. The third-order valence-corrected chi connectivity index (χ3v) is 3.91. The van der Waals surface area contributed by atoms with E-state index in [4.69, 9.17) is 12.8 Å². The lowest BCUT2D eigenvalue weighted by molar-refractivity contribution is 1.23. The van der Waals surface area contributed by atoms with Gasteiger partial charge < -0.3 is 0 Å². The van der Waals surface area contributed by atoms with E-state index in [0.717, 1.165) is 24.0 Å². The van der Waals surface area contributed by atoms with Crippen LogP contribution in [0.25, 0.3) is 0 Å². The van der Waals surface area contributed by atoms with Gasteiger partial charge in [0, 0.05) is 24.0 Å². The zero-order valence-electron chi connectivity index (χ0n) is 12.9. The highest BCUT2D eigenvalue weighted by molar-refractivity contribution is 8.04. The first-order valence-corrected chi connectivity index (χ1v) is 8.30. The Balaban J connectivity index is 1.88. The molecule has 2 aliphatic carbocycles. The Morgan fingerprint density at radius 2 is 1.17 bits per heavy atom. The number of terminal acetylenes is 2. The van der Waals surface area contributed by atoms with Gasteiger partial charge in [0.1, 0.15) is 0 Å². The summed E-state index contributed by atoms with van der Waals surface area (Å²) in [5.74, 6) is 5.43. The normalized spacial score (nSPS) is 17.7. The lowest BCUT2D eigenvalue weighted by atomic mass is 10.1. The molecule has 0 atom stereocenters. The number of hydrogen-bond acceptors (Lipinski definition) is 1. The molecular weight excluding hydrogens is 296 g/mol. The van der Waals surface area contributed by atoms with Crippen molar-refractivity contribution in [1.29, 1.82) is 0 Å². The minimum atomic E-state index is 0.802. The van der Waals surface area contributed by atoms with E-state index in [1.807, 2.05) is 36.5 Å². The van der Waals surface area contributed by atoms with Crippen molar-refractivity contribution in [3.8, 4) is 24.7 Å². The second-order valence-corrected chi connectivity index (χ2v) is 5.84. The van der Waals surface area contributed by atoms with Gasteiger partial charge in [-0.2, -0.15) is 0 Å². The molecule has 0 amide bonds. The molecule has 0 heterocycles. The van der Waals surface area contributed by atoms with Gasteiger partial charge in [-0.15, -0.1) is 24.6 Å². The van der Waals surface area contributed by atoms with Crippen LogP contribution < -0.4 is 0 Å². The topological polar surface area (TPSA) is 0 Å². The van der Waals surface area contributed by atoms with Crippen LogP contribution in [0.15, 0.2) is 93.9 Å². The van der Waals surface area contributed by atoms with Crippen LogP contribution in [0.3, 0.4) is 0 Å². The van der Waals surface area contributed by atoms with Crippen LogP contribution in [0.1, 0.15) is 12.8 Å². The van der Waals surface area contributed by atoms with Crippen LogP contribution in [0.5, 0.6) is 0 Å². The molecule has 0 N–H and O–H groups in total. The fourth-order valence-corrected chi connectivity index (χ4v) is 2.70. The largest absolute Gasteiger partial charge is 0.115 e. The molecule has 0 aromatic heterocycles. The molecule has 0 unspecified atom stereocenters. The molecule has 0 fully saturated rings. The Labute approximate surface area is 143 Å². The first kappa shape index (κ1) is 16.8. The lowest BCUT2D eigenvalue weighted by Crippen LogP contribution is -1.81. The summed E-state index contributed by atoms with van der Waals surface area (Å²) in [4.78, 5) is 0. The zero-order chi connectivity index (χ0) is 16.3. The summed E-state index contributed by atoms with van der Waals surface area (Å²) in [6.07, 6.45) is 32.9. The van der Waals surface area contributed by atoms with E-state index in [1.54, 1.807) is 11.8 Å². The molecule has 0 aliphatic heterocycles. The van der Waals surface area contributed by atoms with Crippen molar-refractivity contribution in [3.05, 3.63) is 93.9 Å². The first-order chi connectivity index (χ1) is 11.3. The van der Waals surface area contributed by atoms with Crippen molar-refractivity contribution in [2.45, 2.75) is 12.8 Å². The first-order valence-electron chi connectivity index (χ1n) is 7.36. The molecule has 112 valence electrons. The van der Waals surface area contributed by atoms with Crippen molar-refractivity contribution >= 4 is 11.8 Å². The maximum atomic E-state index is 5.48. The van der Waals surface area contributed by atoms with Crippen LogP contribution in [0, 0.1) is 24.7 Å². The van der Waals surface area contributed by atoms with Crippen LogP contribution in [-0.4, -0.2) is 0 Å². The Kier molecular flexibility index (Phi) is 6.86. The third-order valence-electron chi connectivity index (χ3n) is 3.32. The summed E-state index contributed by atoms with van der Waals surface area (Å²) < 4.78 is 0. The summed E-state index contributed by atoms with van der Waals surface area (Å²) in [6, 6.07) is 0. The number of allylic oxidation sites excluding steroid dienone is 14. The molecule has 0 nitrogen and oxygen atoms in total. The van der Waals surface area contributed by atoms with E-state index < -0.39 is 0 Å². The average molecular weight is 314 g/mol. The predicted molar refractivity (Wildman–Crippen MR) is 103 cm³/mol. The molecule has 0 spiro atoms. The highest BCUT2D eigenvalue weighted by atomic mass is 32.2. The molecule has 0 aromatic rings. The quantitative estimate of drug-likeness (QED) is 0.605. The molecule has 0 aromatic carbocycles. The highest BCUT2D eigenvalue weighted by Gasteiger charge is 1.99. The van der Waals surface area contributed by atoms with Crippen LogP contribution >= 0.6 is 11.8 Å². The van der Waals surface area contributed by atoms with Crippen molar-refractivity contribution in [3.63, 3.8) is 0 Å². The Morgan fingerprint density at radius 3 is 1.61 bits per heavy atom. The molecule has 23 heavy (non-hydrogen) atoms. The second-order valence-electron chi connectivity index (χ2n) is 5.02. The highest BCUT2D eigenvalue weighted by Crippen LogP contribution is 2.19. The molecule has 0 bridgehead atoms. The smallest absolute Gasteiger partial charge is 0.00614 e. The number of hydrogen-bond donors (Lipinski definition) is 0. The minimum absolute atomic E-state index is 0.802. The molecule has 2 aliphatic rings. The second kappa shape index (κ2) is 9.42. The summed E-state index contributed by atoms with van der Waals surface area (Å²) in [5.41, 5.74) is 4.41. The number of thioether (sulfide) groups is 1. The molecule has 0 saturated heterocycles. The van der Waals surface area contributed by atoms with Gasteiger partial charge in [-0.1, -0.05) is 72.6 Å². The van der Waals surface area contributed by atoms with Gasteiger partial charge in [-0.05, 0) is 22.0 Å². The third kappa shape index (κ3) is 5.95.